The van der Waals surface area contributed by atoms with Crippen molar-refractivity contribution in [2.75, 3.05) is 7.11 Å². The van der Waals surface area contributed by atoms with Crippen LogP contribution < -0.4 is 5.14 Å². The molecule has 2 N–H and O–H groups in total. The molecule has 1 aromatic rings. The summed E-state index contributed by atoms with van der Waals surface area (Å²) in [7, 11) is -2.67. The van der Waals surface area contributed by atoms with Crippen LogP contribution in [0.4, 0.5) is 0 Å². The lowest BCUT2D eigenvalue weighted by atomic mass is 10.0. The van der Waals surface area contributed by atoms with Gasteiger partial charge < -0.3 is 4.74 Å². The van der Waals surface area contributed by atoms with Crippen molar-refractivity contribution in [1.29, 1.82) is 0 Å². The van der Waals surface area contributed by atoms with Gasteiger partial charge in [-0.25, -0.2) is 5.14 Å². The lowest BCUT2D eigenvalue weighted by molar-refractivity contribution is 0.00201. The van der Waals surface area contributed by atoms with E-state index in [2.05, 4.69) is 0 Å². The van der Waals surface area contributed by atoms with Gasteiger partial charge in [0.05, 0.1) is 0 Å². The van der Waals surface area contributed by atoms with Gasteiger partial charge >= 0.3 is 10.3 Å². The Bertz CT molecular complexity index is 515. The molecule has 0 heterocycles. The first-order chi connectivity index (χ1) is 8.80. The van der Waals surface area contributed by atoms with E-state index in [1.165, 1.54) is 7.11 Å². The van der Waals surface area contributed by atoms with Crippen molar-refractivity contribution in [1.82, 2.24) is 0 Å². The summed E-state index contributed by atoms with van der Waals surface area (Å²) in [5, 5.41) is 5.63. The third-order valence-corrected chi connectivity index (χ3v) is 3.71. The fourth-order valence-electron chi connectivity index (χ4n) is 1.74. The second kappa shape index (κ2) is 6.88. The molecule has 1 rings (SSSR count). The molecule has 0 aliphatic heterocycles. The summed E-state index contributed by atoms with van der Waals surface area (Å²) in [6.07, 6.45) is -1.18. The fourth-order valence-corrected chi connectivity index (χ4v) is 2.94. The summed E-state index contributed by atoms with van der Waals surface area (Å²) in [5.74, 6) is 0. The van der Waals surface area contributed by atoms with Gasteiger partial charge in [0.1, 0.15) is 12.2 Å². The van der Waals surface area contributed by atoms with Crippen molar-refractivity contribution in [3.63, 3.8) is 0 Å². The second-order valence-corrected chi connectivity index (χ2v) is 5.82. The molecular formula is C11H15Cl2NO4S. The van der Waals surface area contributed by atoms with Gasteiger partial charge in [-0.05, 0) is 18.6 Å². The molecule has 2 atom stereocenters. The Kier molecular flexibility index (Phi) is 6.04. The Balaban J connectivity index is 3.18. The van der Waals surface area contributed by atoms with Crippen LogP contribution in [0.3, 0.4) is 0 Å². The highest BCUT2D eigenvalue weighted by Crippen LogP contribution is 2.36. The van der Waals surface area contributed by atoms with E-state index in [9.17, 15) is 8.42 Å². The van der Waals surface area contributed by atoms with Crippen molar-refractivity contribution in [3.8, 4) is 0 Å². The molecule has 5 nitrogen and oxygen atoms in total. The summed E-state index contributed by atoms with van der Waals surface area (Å²) in [6, 6.07) is 4.96. The van der Waals surface area contributed by atoms with E-state index in [0.717, 1.165) is 0 Å². The third kappa shape index (κ3) is 4.59. The number of halogens is 2. The third-order valence-electron chi connectivity index (χ3n) is 2.54. The molecule has 19 heavy (non-hydrogen) atoms. The van der Waals surface area contributed by atoms with Gasteiger partial charge in [0.2, 0.25) is 0 Å². The number of benzene rings is 1. The number of nitrogens with two attached hydrogens (primary N) is 1. The van der Waals surface area contributed by atoms with Gasteiger partial charge in [-0.2, -0.15) is 8.42 Å². The van der Waals surface area contributed by atoms with Crippen LogP contribution in [-0.2, 0) is 19.2 Å². The van der Waals surface area contributed by atoms with Crippen LogP contribution in [0, 0.1) is 0 Å². The maximum Gasteiger partial charge on any atom is 0.333 e. The van der Waals surface area contributed by atoms with Crippen LogP contribution >= 0.6 is 23.2 Å². The largest absolute Gasteiger partial charge is 0.374 e. The van der Waals surface area contributed by atoms with Gasteiger partial charge in [0.15, 0.2) is 0 Å². The lowest BCUT2D eigenvalue weighted by Crippen LogP contribution is -2.30. The number of hydrogen-bond acceptors (Lipinski definition) is 4. The zero-order chi connectivity index (χ0) is 14.6. The van der Waals surface area contributed by atoms with Crippen LogP contribution in [-0.4, -0.2) is 21.6 Å². The van der Waals surface area contributed by atoms with E-state index in [1.807, 2.05) is 0 Å². The zero-order valence-electron chi connectivity index (χ0n) is 10.5. The Morgan fingerprint density at radius 1 is 1.32 bits per heavy atom. The zero-order valence-corrected chi connectivity index (χ0v) is 12.8. The molecular weight excluding hydrogens is 313 g/mol. The topological polar surface area (TPSA) is 78.6 Å². The molecule has 8 heteroatoms. The molecule has 0 unspecified atom stereocenters. The summed E-state index contributed by atoms with van der Waals surface area (Å²) < 4.78 is 32.2. The van der Waals surface area contributed by atoms with Crippen LogP contribution in [0.15, 0.2) is 18.2 Å². The smallest absolute Gasteiger partial charge is 0.333 e. The van der Waals surface area contributed by atoms with Crippen LogP contribution in [0.2, 0.25) is 10.0 Å². The van der Waals surface area contributed by atoms with Gasteiger partial charge in [-0.3, -0.25) is 4.18 Å². The molecule has 0 saturated carbocycles. The van der Waals surface area contributed by atoms with Crippen molar-refractivity contribution < 1.29 is 17.3 Å². The molecule has 0 aliphatic carbocycles. The average molecular weight is 328 g/mol. The minimum absolute atomic E-state index is 0.358. The normalized spacial score (nSPS) is 15.2. The van der Waals surface area contributed by atoms with Gasteiger partial charge in [0.25, 0.3) is 0 Å². The van der Waals surface area contributed by atoms with E-state index in [1.54, 1.807) is 25.1 Å². The molecule has 0 spiro atoms. The van der Waals surface area contributed by atoms with E-state index in [-0.39, 0.29) is 0 Å². The van der Waals surface area contributed by atoms with Gasteiger partial charge in [0, 0.05) is 22.7 Å². The van der Waals surface area contributed by atoms with Gasteiger partial charge in [-0.15, -0.1) is 0 Å². The predicted molar refractivity (Wildman–Crippen MR) is 74.5 cm³/mol. The molecule has 0 saturated heterocycles. The van der Waals surface area contributed by atoms with Crippen molar-refractivity contribution in [2.24, 2.45) is 5.14 Å². The van der Waals surface area contributed by atoms with Crippen molar-refractivity contribution in [2.45, 2.75) is 25.6 Å². The highest BCUT2D eigenvalue weighted by Gasteiger charge is 2.29. The monoisotopic (exact) mass is 327 g/mol. The van der Waals surface area contributed by atoms with E-state index < -0.39 is 22.5 Å². The molecule has 0 bridgehead atoms. The van der Waals surface area contributed by atoms with Crippen molar-refractivity contribution >= 4 is 33.5 Å². The first kappa shape index (κ1) is 16.7. The first-order valence-corrected chi connectivity index (χ1v) is 7.70. The summed E-state index contributed by atoms with van der Waals surface area (Å²) >= 11 is 12.1. The van der Waals surface area contributed by atoms with E-state index >= 15 is 0 Å². The maximum absolute atomic E-state index is 11.1. The van der Waals surface area contributed by atoms with E-state index in [4.69, 9.17) is 37.3 Å². The van der Waals surface area contributed by atoms with Crippen molar-refractivity contribution in [3.05, 3.63) is 33.8 Å². The summed E-state index contributed by atoms with van der Waals surface area (Å²) in [4.78, 5) is 0. The SMILES string of the molecule is CC[C@H](OS(N)(=O)=O)[C@@H](OC)c1c(Cl)cccc1Cl. The number of rotatable bonds is 6. The highest BCUT2D eigenvalue weighted by atomic mass is 35.5. The Morgan fingerprint density at radius 3 is 2.21 bits per heavy atom. The second-order valence-electron chi connectivity index (χ2n) is 3.83. The van der Waals surface area contributed by atoms with E-state index in [0.29, 0.717) is 22.0 Å². The summed E-state index contributed by atoms with van der Waals surface area (Å²) in [5.41, 5.74) is 0.476. The number of ether oxygens (including phenoxy) is 1. The minimum atomic E-state index is -4.09. The lowest BCUT2D eigenvalue weighted by Gasteiger charge is -2.25. The number of methoxy groups -OCH3 is 1. The predicted octanol–water partition coefficient (Wildman–Crippen LogP) is 2.68. The quantitative estimate of drug-likeness (QED) is 0.871. The molecule has 0 fully saturated rings. The molecule has 0 amide bonds. The van der Waals surface area contributed by atoms with Crippen LogP contribution in [0.25, 0.3) is 0 Å². The molecule has 0 aliphatic rings. The number of hydrogen-bond donors (Lipinski definition) is 1. The van der Waals surface area contributed by atoms with Crippen LogP contribution in [0.5, 0.6) is 0 Å². The Labute approximate surface area is 122 Å². The fraction of sp³-hybridized carbons (Fsp3) is 0.455. The molecule has 1 aromatic carbocycles. The maximum atomic E-state index is 11.1. The standard InChI is InChI=1S/C11H15Cl2NO4S/c1-3-9(18-19(14,15)16)11(17-2)10-7(12)5-4-6-8(10)13/h4-6,9,11H,3H2,1-2H3,(H2,14,15,16)/t9-,11+/m0/s1. The Morgan fingerprint density at radius 2 is 1.84 bits per heavy atom. The molecule has 0 radical (unpaired) electrons. The average Bonchev–Trinajstić information content (AvgIpc) is 2.30. The Hall–Kier alpha value is -0.370. The molecule has 0 aromatic heterocycles. The molecule has 108 valence electrons. The first-order valence-electron chi connectivity index (χ1n) is 5.47. The van der Waals surface area contributed by atoms with Crippen LogP contribution in [0.1, 0.15) is 25.0 Å². The van der Waals surface area contributed by atoms with Gasteiger partial charge in [-0.1, -0.05) is 36.2 Å². The highest BCUT2D eigenvalue weighted by molar-refractivity contribution is 7.84. The summed E-state index contributed by atoms with van der Waals surface area (Å²) in [6.45, 7) is 1.74. The minimum Gasteiger partial charge on any atom is -0.374 e.